The highest BCUT2D eigenvalue weighted by Crippen LogP contribution is 2.18. The van der Waals surface area contributed by atoms with E-state index in [9.17, 15) is 4.79 Å². The van der Waals surface area contributed by atoms with Crippen LogP contribution in [0.15, 0.2) is 24.3 Å². The van der Waals surface area contributed by atoms with Crippen molar-refractivity contribution in [3.8, 4) is 0 Å². The van der Waals surface area contributed by atoms with Gasteiger partial charge >= 0.3 is 6.03 Å². The molecule has 2 N–H and O–H groups in total. The van der Waals surface area contributed by atoms with E-state index in [0.717, 1.165) is 24.1 Å². The van der Waals surface area contributed by atoms with Gasteiger partial charge in [-0.15, -0.1) is 0 Å². The predicted octanol–water partition coefficient (Wildman–Crippen LogP) is 2.51. The molecule has 1 aromatic rings. The van der Waals surface area contributed by atoms with Gasteiger partial charge in [0.15, 0.2) is 0 Å². The van der Waals surface area contributed by atoms with Crippen molar-refractivity contribution < 1.29 is 9.53 Å². The molecule has 0 saturated heterocycles. The van der Waals surface area contributed by atoms with Crippen LogP contribution in [0, 0.1) is 0 Å². The number of carbonyl (C=O) groups excluding carboxylic acids is 1. The molecule has 1 aliphatic carbocycles. The van der Waals surface area contributed by atoms with E-state index in [1.807, 2.05) is 24.3 Å². The monoisotopic (exact) mass is 234 g/mol. The van der Waals surface area contributed by atoms with Gasteiger partial charge in [-0.2, -0.15) is 0 Å². The summed E-state index contributed by atoms with van der Waals surface area (Å²) < 4.78 is 5.05. The molecule has 2 amide bonds. The lowest BCUT2D eigenvalue weighted by Crippen LogP contribution is -2.41. The van der Waals surface area contributed by atoms with E-state index in [2.05, 4.69) is 10.6 Å². The Hall–Kier alpha value is -1.55. The van der Waals surface area contributed by atoms with Crippen LogP contribution in [0.25, 0.3) is 0 Å². The topological polar surface area (TPSA) is 50.4 Å². The van der Waals surface area contributed by atoms with E-state index in [1.54, 1.807) is 7.11 Å². The predicted molar refractivity (Wildman–Crippen MR) is 66.9 cm³/mol. The van der Waals surface area contributed by atoms with Crippen molar-refractivity contribution in [2.24, 2.45) is 0 Å². The first kappa shape index (κ1) is 11.9. The number of hydrogen-bond acceptors (Lipinski definition) is 2. The van der Waals surface area contributed by atoms with Gasteiger partial charge in [0.05, 0.1) is 6.61 Å². The molecule has 0 aliphatic heterocycles. The molecule has 1 saturated carbocycles. The summed E-state index contributed by atoms with van der Waals surface area (Å²) in [5.41, 5.74) is 1.85. The van der Waals surface area contributed by atoms with Crippen LogP contribution < -0.4 is 10.6 Å². The third kappa shape index (κ3) is 3.46. The van der Waals surface area contributed by atoms with Crippen LogP contribution >= 0.6 is 0 Å². The molecule has 1 aromatic carbocycles. The molecule has 0 aromatic heterocycles. The lowest BCUT2D eigenvalue weighted by Gasteiger charge is -2.26. The molecule has 92 valence electrons. The van der Waals surface area contributed by atoms with Crippen LogP contribution in [0.3, 0.4) is 0 Å². The number of hydrogen-bond donors (Lipinski definition) is 2. The fourth-order valence-electron chi connectivity index (χ4n) is 1.81. The Kier molecular flexibility index (Phi) is 3.98. The number of methoxy groups -OCH3 is 1. The third-order valence-corrected chi connectivity index (χ3v) is 2.94. The van der Waals surface area contributed by atoms with Gasteiger partial charge in [-0.05, 0) is 37.0 Å². The fourth-order valence-corrected chi connectivity index (χ4v) is 1.81. The molecule has 0 unspecified atom stereocenters. The van der Waals surface area contributed by atoms with Crippen molar-refractivity contribution in [2.75, 3.05) is 12.4 Å². The van der Waals surface area contributed by atoms with E-state index in [0.29, 0.717) is 12.6 Å². The van der Waals surface area contributed by atoms with Crippen molar-refractivity contribution in [2.45, 2.75) is 31.9 Å². The molecule has 0 heterocycles. The minimum atomic E-state index is -0.121. The zero-order valence-corrected chi connectivity index (χ0v) is 10.0. The summed E-state index contributed by atoms with van der Waals surface area (Å²) in [6, 6.07) is 7.91. The normalized spacial score (nSPS) is 15.1. The maximum Gasteiger partial charge on any atom is 0.319 e. The molecule has 2 rings (SSSR count). The van der Waals surface area contributed by atoms with E-state index < -0.39 is 0 Å². The highest BCUT2D eigenvalue weighted by molar-refractivity contribution is 5.89. The Morgan fingerprint density at radius 3 is 2.94 bits per heavy atom. The second-order valence-corrected chi connectivity index (χ2v) is 4.36. The minimum absolute atomic E-state index is 0.121. The molecule has 0 radical (unpaired) electrons. The zero-order valence-electron chi connectivity index (χ0n) is 10.0. The van der Waals surface area contributed by atoms with Crippen LogP contribution in [0.4, 0.5) is 10.5 Å². The second kappa shape index (κ2) is 5.68. The van der Waals surface area contributed by atoms with Crippen molar-refractivity contribution in [3.63, 3.8) is 0 Å². The second-order valence-electron chi connectivity index (χ2n) is 4.36. The highest BCUT2D eigenvalue weighted by Gasteiger charge is 2.19. The van der Waals surface area contributed by atoms with Crippen molar-refractivity contribution >= 4 is 11.7 Å². The van der Waals surface area contributed by atoms with Gasteiger partial charge in [-0.1, -0.05) is 12.1 Å². The van der Waals surface area contributed by atoms with Crippen molar-refractivity contribution in [1.82, 2.24) is 5.32 Å². The average Bonchev–Trinajstić information content (AvgIpc) is 2.25. The molecule has 0 spiro atoms. The summed E-state index contributed by atoms with van der Waals surface area (Å²) in [6.45, 7) is 0.555. The van der Waals surface area contributed by atoms with Gasteiger partial charge in [0, 0.05) is 18.8 Å². The number of amides is 2. The Morgan fingerprint density at radius 2 is 2.29 bits per heavy atom. The van der Waals surface area contributed by atoms with E-state index in [4.69, 9.17) is 4.74 Å². The van der Waals surface area contributed by atoms with E-state index in [1.165, 1.54) is 6.42 Å². The quantitative estimate of drug-likeness (QED) is 0.841. The summed E-state index contributed by atoms with van der Waals surface area (Å²) in [6.07, 6.45) is 3.41. The zero-order chi connectivity index (χ0) is 12.1. The fraction of sp³-hybridized carbons (Fsp3) is 0.462. The molecule has 0 bridgehead atoms. The summed E-state index contributed by atoms with van der Waals surface area (Å²) >= 11 is 0. The van der Waals surface area contributed by atoms with Crippen LogP contribution in [0.1, 0.15) is 24.8 Å². The molecule has 1 fully saturated rings. The first-order chi connectivity index (χ1) is 8.28. The summed E-state index contributed by atoms with van der Waals surface area (Å²) in [4.78, 5) is 11.6. The first-order valence-electron chi connectivity index (χ1n) is 5.93. The highest BCUT2D eigenvalue weighted by atomic mass is 16.5. The number of anilines is 1. The molecule has 4 heteroatoms. The van der Waals surface area contributed by atoms with Crippen molar-refractivity contribution in [3.05, 3.63) is 29.8 Å². The van der Waals surface area contributed by atoms with Crippen LogP contribution in [-0.4, -0.2) is 19.2 Å². The summed E-state index contributed by atoms with van der Waals surface area (Å²) in [5.74, 6) is 0. The Morgan fingerprint density at radius 1 is 1.47 bits per heavy atom. The molecular weight excluding hydrogens is 216 g/mol. The Bertz CT molecular complexity index is 389. The maximum atomic E-state index is 11.6. The number of nitrogens with one attached hydrogen (secondary N) is 2. The van der Waals surface area contributed by atoms with Crippen LogP contribution in [0.5, 0.6) is 0 Å². The van der Waals surface area contributed by atoms with E-state index in [-0.39, 0.29) is 6.03 Å². The molecule has 4 nitrogen and oxygen atoms in total. The average molecular weight is 234 g/mol. The van der Waals surface area contributed by atoms with Gasteiger partial charge in [-0.3, -0.25) is 0 Å². The maximum absolute atomic E-state index is 11.6. The summed E-state index contributed by atoms with van der Waals surface area (Å²) in [5, 5.41) is 5.77. The largest absolute Gasteiger partial charge is 0.380 e. The summed E-state index contributed by atoms with van der Waals surface area (Å²) in [7, 11) is 1.66. The van der Waals surface area contributed by atoms with Crippen LogP contribution in [-0.2, 0) is 11.3 Å². The molecular formula is C13H18N2O2. The van der Waals surface area contributed by atoms with Gasteiger partial charge in [0.2, 0.25) is 0 Å². The standard InChI is InChI=1S/C13H18N2O2/c1-17-9-10-4-2-7-12(8-10)15-13(16)14-11-5-3-6-11/h2,4,7-8,11H,3,5-6,9H2,1H3,(H2,14,15,16). The number of ether oxygens (including phenoxy) is 1. The first-order valence-corrected chi connectivity index (χ1v) is 5.93. The number of rotatable bonds is 4. The lowest BCUT2D eigenvalue weighted by molar-refractivity contribution is 0.185. The van der Waals surface area contributed by atoms with Gasteiger partial charge in [0.25, 0.3) is 0 Å². The SMILES string of the molecule is COCc1cccc(NC(=O)NC2CCC2)c1. The van der Waals surface area contributed by atoms with Crippen molar-refractivity contribution in [1.29, 1.82) is 0 Å². The minimum Gasteiger partial charge on any atom is -0.380 e. The number of carbonyl (C=O) groups is 1. The Balaban J connectivity index is 1.88. The van der Waals surface area contributed by atoms with Gasteiger partial charge < -0.3 is 15.4 Å². The Labute approximate surface area is 101 Å². The third-order valence-electron chi connectivity index (χ3n) is 2.94. The number of urea groups is 1. The molecule has 1 aliphatic rings. The lowest BCUT2D eigenvalue weighted by atomic mass is 9.93. The molecule has 0 atom stereocenters. The van der Waals surface area contributed by atoms with Gasteiger partial charge in [-0.25, -0.2) is 4.79 Å². The number of benzene rings is 1. The van der Waals surface area contributed by atoms with E-state index >= 15 is 0 Å². The molecule has 17 heavy (non-hydrogen) atoms. The van der Waals surface area contributed by atoms with Gasteiger partial charge in [0.1, 0.15) is 0 Å². The van der Waals surface area contributed by atoms with Crippen LogP contribution in [0.2, 0.25) is 0 Å². The smallest absolute Gasteiger partial charge is 0.319 e.